The van der Waals surface area contributed by atoms with Gasteiger partial charge in [0.05, 0.1) is 29.1 Å². The molecule has 1 aromatic carbocycles. The molecule has 0 atom stereocenters. The van der Waals surface area contributed by atoms with Crippen LogP contribution < -0.4 is 15.8 Å². The number of anilines is 1. The normalized spacial score (nSPS) is 15.7. The number of hydrogen-bond donors (Lipinski definition) is 2. The number of likely N-dealkylation sites (tertiary alicyclic amines) is 1. The molecule has 1 fully saturated rings. The number of ether oxygens (including phenoxy) is 1. The topological polar surface area (TPSA) is 130 Å². The molecule has 0 aliphatic carbocycles. The highest BCUT2D eigenvalue weighted by molar-refractivity contribution is 6.09. The van der Waals surface area contributed by atoms with E-state index in [4.69, 9.17) is 10.5 Å². The molecule has 10 nitrogen and oxygen atoms in total. The molecular weight excluding hydrogens is 514 g/mol. The van der Waals surface area contributed by atoms with Crippen molar-refractivity contribution in [2.24, 2.45) is 16.1 Å². The first-order valence-corrected chi connectivity index (χ1v) is 13.7. The lowest BCUT2D eigenvalue weighted by Gasteiger charge is -2.34. The molecule has 3 N–H and O–H groups in total. The van der Waals surface area contributed by atoms with Gasteiger partial charge in [-0.15, -0.1) is 0 Å². The number of fused-ring (bicyclic) bond motifs is 1. The second-order valence-corrected chi connectivity index (χ2v) is 10.4. The quantitative estimate of drug-likeness (QED) is 0.278. The smallest absolute Gasteiger partial charge is 0.140 e. The van der Waals surface area contributed by atoms with Gasteiger partial charge in [0.15, 0.2) is 0 Å². The number of piperidine rings is 1. The maximum Gasteiger partial charge on any atom is 0.140 e. The number of nitrogens with one attached hydrogen (secondary N) is 1. The van der Waals surface area contributed by atoms with Crippen LogP contribution in [0.25, 0.3) is 22.6 Å². The summed E-state index contributed by atoms with van der Waals surface area (Å²) in [6, 6.07) is 16.4. The first-order chi connectivity index (χ1) is 20.0. The average Bonchev–Trinajstić information content (AvgIpc) is 3.44. The van der Waals surface area contributed by atoms with E-state index in [0.29, 0.717) is 13.2 Å². The third kappa shape index (κ3) is 6.70. The largest absolute Gasteiger partial charge is 0.492 e. The van der Waals surface area contributed by atoms with Gasteiger partial charge in [0.1, 0.15) is 30.1 Å². The van der Waals surface area contributed by atoms with Gasteiger partial charge in [-0.2, -0.15) is 5.26 Å². The van der Waals surface area contributed by atoms with Crippen LogP contribution in [0.3, 0.4) is 0 Å². The summed E-state index contributed by atoms with van der Waals surface area (Å²) in [6.45, 7) is 5.96. The van der Waals surface area contributed by atoms with E-state index < -0.39 is 0 Å². The predicted octanol–water partition coefficient (Wildman–Crippen LogP) is 4.41. The first kappa shape index (κ1) is 27.8. The predicted molar refractivity (Wildman–Crippen MR) is 161 cm³/mol. The Morgan fingerprint density at radius 2 is 1.98 bits per heavy atom. The highest BCUT2D eigenvalue weighted by Gasteiger charge is 2.29. The van der Waals surface area contributed by atoms with Crippen LogP contribution in [0.1, 0.15) is 30.9 Å². The Bertz CT molecular complexity index is 1580. The molecule has 1 aliphatic heterocycles. The molecular formula is C31H35N9O. The molecule has 0 unspecified atom stereocenters. The van der Waals surface area contributed by atoms with Crippen LogP contribution in [0.5, 0.6) is 5.75 Å². The van der Waals surface area contributed by atoms with E-state index in [0.717, 1.165) is 77.8 Å². The first-order valence-electron chi connectivity index (χ1n) is 13.7. The fourth-order valence-electron chi connectivity index (χ4n) is 4.87. The number of aromatic nitrogens is 4. The lowest BCUT2D eigenvalue weighted by Crippen LogP contribution is -2.39. The van der Waals surface area contributed by atoms with E-state index in [1.54, 1.807) is 25.8 Å². The highest BCUT2D eigenvalue weighted by atomic mass is 16.5. The summed E-state index contributed by atoms with van der Waals surface area (Å²) >= 11 is 0. The lowest BCUT2D eigenvalue weighted by molar-refractivity contribution is 0.135. The number of imidazole rings is 1. The van der Waals surface area contributed by atoms with Crippen LogP contribution in [0.4, 0.5) is 5.82 Å². The summed E-state index contributed by atoms with van der Waals surface area (Å²) in [5.41, 5.74) is 10.9. The molecule has 1 aliphatic rings. The van der Waals surface area contributed by atoms with Gasteiger partial charge in [-0.25, -0.2) is 15.0 Å². The Morgan fingerprint density at radius 1 is 1.17 bits per heavy atom. The van der Waals surface area contributed by atoms with Gasteiger partial charge in [0.25, 0.3) is 0 Å². The van der Waals surface area contributed by atoms with Crippen molar-refractivity contribution in [1.82, 2.24) is 24.3 Å². The maximum absolute atomic E-state index is 9.33. The second-order valence-electron chi connectivity index (χ2n) is 10.4. The minimum Gasteiger partial charge on any atom is -0.492 e. The van der Waals surface area contributed by atoms with Gasteiger partial charge in [0.2, 0.25) is 0 Å². The van der Waals surface area contributed by atoms with Crippen molar-refractivity contribution in [2.45, 2.75) is 26.3 Å². The molecule has 4 aromatic rings. The van der Waals surface area contributed by atoms with Crippen LogP contribution in [0.15, 0.2) is 72.4 Å². The number of benzene rings is 1. The van der Waals surface area contributed by atoms with E-state index in [9.17, 15) is 5.26 Å². The number of nitriles is 1. The molecule has 0 radical (unpaired) electrons. The number of aliphatic imine (C=N–C) groups is 1. The summed E-state index contributed by atoms with van der Waals surface area (Å²) in [7, 11) is 1.72. The Kier molecular flexibility index (Phi) is 8.56. The van der Waals surface area contributed by atoms with Crippen LogP contribution in [-0.2, 0) is 6.54 Å². The number of hydrogen-bond acceptors (Lipinski definition) is 9. The van der Waals surface area contributed by atoms with E-state index in [-0.39, 0.29) is 5.41 Å². The lowest BCUT2D eigenvalue weighted by atomic mass is 9.82. The molecule has 0 spiro atoms. The molecule has 41 heavy (non-hydrogen) atoms. The van der Waals surface area contributed by atoms with Gasteiger partial charge < -0.3 is 15.8 Å². The van der Waals surface area contributed by atoms with Crippen molar-refractivity contribution >= 4 is 23.3 Å². The van der Waals surface area contributed by atoms with Crippen LogP contribution in [0.2, 0.25) is 0 Å². The second kappa shape index (κ2) is 12.6. The van der Waals surface area contributed by atoms with E-state index in [2.05, 4.69) is 55.3 Å². The zero-order valence-corrected chi connectivity index (χ0v) is 23.5. The Morgan fingerprint density at radius 3 is 2.71 bits per heavy atom. The molecule has 0 saturated carbocycles. The zero-order chi connectivity index (χ0) is 28.7. The summed E-state index contributed by atoms with van der Waals surface area (Å²) in [5, 5.41) is 12.7. The number of allylic oxidation sites excluding steroid dienone is 1. The van der Waals surface area contributed by atoms with Gasteiger partial charge in [-0.3, -0.25) is 14.3 Å². The van der Waals surface area contributed by atoms with Crippen LogP contribution in [0, 0.1) is 16.7 Å². The van der Waals surface area contributed by atoms with Gasteiger partial charge in [-0.1, -0.05) is 24.3 Å². The number of rotatable bonds is 10. The molecule has 0 bridgehead atoms. The van der Waals surface area contributed by atoms with Crippen LogP contribution in [-0.4, -0.2) is 63.8 Å². The zero-order valence-electron chi connectivity index (χ0n) is 23.5. The third-order valence-electron chi connectivity index (χ3n) is 7.53. The monoisotopic (exact) mass is 549 g/mol. The average molecular weight is 550 g/mol. The SMILES string of the molecule is CN=C/C(=C\N)c1ccc(CNc2cc(-c3cnc4cc(OCCN5CCC(C)(C#N)CC5)ccn34)ncn2)cc1. The number of pyridine rings is 1. The van der Waals surface area contributed by atoms with Crippen molar-refractivity contribution < 1.29 is 4.74 Å². The summed E-state index contributed by atoms with van der Waals surface area (Å²) < 4.78 is 8.02. The van der Waals surface area contributed by atoms with Crippen molar-refractivity contribution in [1.29, 1.82) is 5.26 Å². The van der Waals surface area contributed by atoms with E-state index >= 15 is 0 Å². The highest BCUT2D eigenvalue weighted by Crippen LogP contribution is 2.29. The van der Waals surface area contributed by atoms with Crippen LogP contribution >= 0.6 is 0 Å². The standard InChI is InChI=1S/C31H35N9O/c1-31(21-33)8-11-39(12-9-31)13-14-41-26-7-10-40-28(20-36-30(40)15-26)27-16-29(38-22-37-27)35-18-23-3-5-24(6-4-23)25(17-32)19-34-2/h3-7,10,15-17,19-20,22H,8-9,11-14,18,32H2,1-2H3,(H,35,37,38)/b25-17+,34-19?. The van der Waals surface area contributed by atoms with Gasteiger partial charge >= 0.3 is 0 Å². The van der Waals surface area contributed by atoms with Crippen molar-refractivity contribution in [3.05, 3.63) is 78.5 Å². The fourth-order valence-corrected chi connectivity index (χ4v) is 4.87. The third-order valence-corrected chi connectivity index (χ3v) is 7.53. The maximum atomic E-state index is 9.33. The van der Waals surface area contributed by atoms with Crippen molar-refractivity contribution in [2.75, 3.05) is 38.6 Å². The summed E-state index contributed by atoms with van der Waals surface area (Å²) in [6.07, 6.45) is 10.4. The summed E-state index contributed by atoms with van der Waals surface area (Å²) in [5.74, 6) is 1.50. The summed E-state index contributed by atoms with van der Waals surface area (Å²) in [4.78, 5) is 19.9. The Hall–Kier alpha value is -4.75. The molecule has 0 amide bonds. The fraction of sp³-hybridized carbons (Fsp3) is 0.323. The number of nitrogens with zero attached hydrogens (tertiary/aromatic N) is 7. The molecule has 10 heteroatoms. The minimum absolute atomic E-state index is 0.189. The van der Waals surface area contributed by atoms with Crippen molar-refractivity contribution in [3.63, 3.8) is 0 Å². The minimum atomic E-state index is -0.189. The van der Waals surface area contributed by atoms with Gasteiger partial charge in [-0.05, 0) is 50.0 Å². The molecule has 3 aromatic heterocycles. The van der Waals surface area contributed by atoms with Gasteiger partial charge in [0, 0.05) is 56.5 Å². The molecule has 4 heterocycles. The molecule has 5 rings (SSSR count). The van der Waals surface area contributed by atoms with E-state index in [1.807, 2.05) is 47.1 Å². The Balaban J connectivity index is 1.18. The number of nitrogens with two attached hydrogens (primary N) is 1. The van der Waals surface area contributed by atoms with E-state index in [1.165, 1.54) is 0 Å². The molecule has 210 valence electrons. The van der Waals surface area contributed by atoms with Crippen molar-refractivity contribution in [3.8, 4) is 23.2 Å². The Labute approximate surface area is 240 Å². The molecule has 1 saturated heterocycles.